The van der Waals surface area contributed by atoms with Crippen molar-refractivity contribution >= 4 is 15.9 Å². The number of nitrogens with one attached hydrogen (secondary N) is 2. The molecule has 7 heteroatoms. The van der Waals surface area contributed by atoms with Gasteiger partial charge in [0.25, 0.3) is 5.91 Å². The van der Waals surface area contributed by atoms with E-state index in [0.717, 1.165) is 5.56 Å². The lowest BCUT2D eigenvalue weighted by Crippen LogP contribution is -2.27. The fraction of sp³-hybridized carbons (Fsp3) is 0.235. The Balaban J connectivity index is 2.16. The molecule has 0 unspecified atom stereocenters. The van der Waals surface area contributed by atoms with Crippen molar-refractivity contribution in [1.82, 2.24) is 10.0 Å². The van der Waals surface area contributed by atoms with Crippen molar-refractivity contribution in [2.24, 2.45) is 0 Å². The number of hydrogen-bond donors (Lipinski definition) is 3. The number of carbonyl (C=O) groups is 1. The number of sulfonamides is 1. The summed E-state index contributed by atoms with van der Waals surface area (Å²) in [6.07, 6.45) is 0. The monoisotopic (exact) mass is 348 g/mol. The molecule has 0 spiro atoms. The van der Waals surface area contributed by atoms with E-state index in [1.165, 1.54) is 19.2 Å². The maximum Gasteiger partial charge on any atom is 0.255 e. The summed E-state index contributed by atoms with van der Waals surface area (Å²) in [6, 6.07) is 10.9. The molecule has 0 radical (unpaired) electrons. The maximum absolute atomic E-state index is 12.3. The molecule has 0 bridgehead atoms. The maximum atomic E-state index is 12.3. The number of aryl methyl sites for hydroxylation is 1. The zero-order chi connectivity index (χ0) is 17.9. The number of phenolic OH excluding ortho intramolecular Hbond substituents is 1. The average molecular weight is 348 g/mol. The molecule has 1 amide bonds. The molecular formula is C17H20N2O4S. The molecule has 6 nitrogen and oxygen atoms in total. The predicted octanol–water partition coefficient (Wildman–Crippen LogP) is 2.10. The Hall–Kier alpha value is -2.38. The zero-order valence-corrected chi connectivity index (χ0v) is 14.5. The van der Waals surface area contributed by atoms with Gasteiger partial charge in [0.15, 0.2) is 0 Å². The highest BCUT2D eigenvalue weighted by Gasteiger charge is 2.17. The van der Waals surface area contributed by atoms with Crippen molar-refractivity contribution in [2.75, 3.05) is 7.05 Å². The minimum Gasteiger partial charge on any atom is -0.507 e. The van der Waals surface area contributed by atoms with Crippen molar-refractivity contribution in [2.45, 2.75) is 24.8 Å². The Morgan fingerprint density at radius 3 is 2.33 bits per heavy atom. The third kappa shape index (κ3) is 3.74. The molecule has 2 aromatic carbocycles. The highest BCUT2D eigenvalue weighted by molar-refractivity contribution is 7.89. The molecule has 0 saturated heterocycles. The van der Waals surface area contributed by atoms with E-state index in [9.17, 15) is 18.3 Å². The molecule has 0 aromatic heterocycles. The summed E-state index contributed by atoms with van der Waals surface area (Å²) in [5, 5.41) is 12.8. The number of benzene rings is 2. The highest BCUT2D eigenvalue weighted by atomic mass is 32.2. The number of carbonyl (C=O) groups excluding carboxylic acids is 1. The van der Waals surface area contributed by atoms with Gasteiger partial charge in [-0.2, -0.15) is 0 Å². The molecule has 3 N–H and O–H groups in total. The second-order valence-corrected chi connectivity index (χ2v) is 7.33. The van der Waals surface area contributed by atoms with E-state index in [-0.39, 0.29) is 22.3 Å². The molecule has 1 atom stereocenters. The van der Waals surface area contributed by atoms with E-state index < -0.39 is 15.9 Å². The van der Waals surface area contributed by atoms with Crippen LogP contribution in [0.5, 0.6) is 5.75 Å². The normalized spacial score (nSPS) is 12.6. The first-order chi connectivity index (χ1) is 11.3. The lowest BCUT2D eigenvalue weighted by Gasteiger charge is -2.16. The van der Waals surface area contributed by atoms with Gasteiger partial charge in [0, 0.05) is 0 Å². The quantitative estimate of drug-likeness (QED) is 0.771. The molecule has 0 aliphatic rings. The van der Waals surface area contributed by atoms with Crippen molar-refractivity contribution in [3.63, 3.8) is 0 Å². The van der Waals surface area contributed by atoms with Gasteiger partial charge < -0.3 is 10.4 Å². The van der Waals surface area contributed by atoms with Crippen LogP contribution < -0.4 is 10.0 Å². The van der Waals surface area contributed by atoms with E-state index in [4.69, 9.17) is 0 Å². The predicted molar refractivity (Wildman–Crippen MR) is 91.4 cm³/mol. The van der Waals surface area contributed by atoms with Crippen molar-refractivity contribution < 1.29 is 18.3 Å². The number of para-hydroxylation sites is 1. The summed E-state index contributed by atoms with van der Waals surface area (Å²) in [5.74, 6) is -0.437. The van der Waals surface area contributed by atoms with E-state index in [1.807, 2.05) is 0 Å². The lowest BCUT2D eigenvalue weighted by molar-refractivity contribution is 0.0937. The van der Waals surface area contributed by atoms with Crippen LogP contribution >= 0.6 is 0 Å². The van der Waals surface area contributed by atoms with E-state index in [0.29, 0.717) is 5.56 Å². The Morgan fingerprint density at radius 2 is 1.75 bits per heavy atom. The van der Waals surface area contributed by atoms with Gasteiger partial charge in [-0.3, -0.25) is 4.79 Å². The minimum absolute atomic E-state index is 0.0438. The first-order valence-corrected chi connectivity index (χ1v) is 8.87. The molecule has 2 rings (SSSR count). The first-order valence-electron chi connectivity index (χ1n) is 7.39. The molecule has 0 heterocycles. The summed E-state index contributed by atoms with van der Waals surface area (Å²) in [5.41, 5.74) is 1.58. The standard InChI is InChI=1S/C17H20N2O4S/c1-11-5-4-6-15(16(11)20)17(21)19-12(2)13-7-9-14(10-8-13)24(22,23)18-3/h4-10,12,18,20H,1-3H3,(H,19,21)/t12-/m1/s1. The number of phenols is 1. The topological polar surface area (TPSA) is 95.5 Å². The van der Waals surface area contributed by atoms with Gasteiger partial charge in [-0.25, -0.2) is 13.1 Å². The molecule has 0 aliphatic carbocycles. The number of aromatic hydroxyl groups is 1. The molecule has 0 saturated carbocycles. The smallest absolute Gasteiger partial charge is 0.255 e. The zero-order valence-electron chi connectivity index (χ0n) is 13.7. The fourth-order valence-corrected chi connectivity index (χ4v) is 2.98. The largest absolute Gasteiger partial charge is 0.507 e. The second kappa shape index (κ2) is 7.02. The highest BCUT2D eigenvalue weighted by Crippen LogP contribution is 2.23. The Bertz CT molecular complexity index is 845. The Kier molecular flexibility index (Phi) is 5.26. The van der Waals surface area contributed by atoms with Crippen LogP contribution in [0, 0.1) is 6.92 Å². The number of hydrogen-bond acceptors (Lipinski definition) is 4. The van der Waals surface area contributed by atoms with Gasteiger partial charge in [-0.15, -0.1) is 0 Å². The van der Waals surface area contributed by atoms with Gasteiger partial charge in [-0.05, 0) is 50.2 Å². The van der Waals surface area contributed by atoms with Crippen molar-refractivity contribution in [3.05, 3.63) is 59.2 Å². The van der Waals surface area contributed by atoms with Crippen LogP contribution in [0.1, 0.15) is 34.5 Å². The summed E-state index contributed by atoms with van der Waals surface area (Å²) in [4.78, 5) is 12.5. The van der Waals surface area contributed by atoms with Crippen LogP contribution in [0.25, 0.3) is 0 Å². The lowest BCUT2D eigenvalue weighted by atomic mass is 10.1. The van der Waals surface area contributed by atoms with E-state index >= 15 is 0 Å². The number of amides is 1. The minimum atomic E-state index is -3.49. The third-order valence-corrected chi connectivity index (χ3v) is 5.22. The van der Waals surface area contributed by atoms with Gasteiger partial charge in [0.2, 0.25) is 10.0 Å². The summed E-state index contributed by atoms with van der Waals surface area (Å²) >= 11 is 0. The SMILES string of the molecule is CNS(=O)(=O)c1ccc([C@@H](C)NC(=O)c2cccc(C)c2O)cc1. The molecule has 0 aliphatic heterocycles. The molecular weight excluding hydrogens is 328 g/mol. The first kappa shape index (κ1) is 18.0. The van der Waals surface area contributed by atoms with Gasteiger partial charge in [-0.1, -0.05) is 24.3 Å². The summed E-state index contributed by atoms with van der Waals surface area (Å²) < 4.78 is 25.7. The molecule has 2 aromatic rings. The van der Waals surface area contributed by atoms with Gasteiger partial charge >= 0.3 is 0 Å². The third-order valence-electron chi connectivity index (χ3n) is 3.79. The van der Waals surface area contributed by atoms with Gasteiger partial charge in [0.1, 0.15) is 5.75 Å². The average Bonchev–Trinajstić information content (AvgIpc) is 2.57. The fourth-order valence-electron chi connectivity index (χ4n) is 2.25. The van der Waals surface area contributed by atoms with Crippen LogP contribution in [-0.4, -0.2) is 26.5 Å². The molecule has 128 valence electrons. The summed E-state index contributed by atoms with van der Waals surface area (Å²) in [6.45, 7) is 3.50. The second-order valence-electron chi connectivity index (χ2n) is 5.44. The molecule has 24 heavy (non-hydrogen) atoms. The van der Waals surface area contributed by atoms with Crippen LogP contribution in [-0.2, 0) is 10.0 Å². The van der Waals surface area contributed by atoms with E-state index in [1.54, 1.807) is 44.2 Å². The molecule has 0 fully saturated rings. The van der Waals surface area contributed by atoms with Crippen LogP contribution in [0.4, 0.5) is 0 Å². The van der Waals surface area contributed by atoms with E-state index in [2.05, 4.69) is 10.0 Å². The Labute approximate surface area is 141 Å². The van der Waals surface area contributed by atoms with Crippen molar-refractivity contribution in [1.29, 1.82) is 0 Å². The summed E-state index contributed by atoms with van der Waals surface area (Å²) in [7, 11) is -2.14. The number of rotatable bonds is 5. The van der Waals surface area contributed by atoms with Crippen molar-refractivity contribution in [3.8, 4) is 5.75 Å². The van der Waals surface area contributed by atoms with Crippen LogP contribution in [0.15, 0.2) is 47.4 Å². The van der Waals surface area contributed by atoms with Crippen LogP contribution in [0.2, 0.25) is 0 Å². The van der Waals surface area contributed by atoms with Crippen LogP contribution in [0.3, 0.4) is 0 Å². The van der Waals surface area contributed by atoms with Gasteiger partial charge in [0.05, 0.1) is 16.5 Å². The Morgan fingerprint density at radius 1 is 1.12 bits per heavy atom.